The molecule has 0 saturated carbocycles. The van der Waals surface area contributed by atoms with Crippen LogP contribution in [0.5, 0.6) is 0 Å². The maximum absolute atomic E-state index is 12.1. The number of rotatable bonds is 9. The van der Waals surface area contributed by atoms with Crippen LogP contribution in [0, 0.1) is 13.1 Å². The molecule has 0 saturated heterocycles. The fourth-order valence-corrected chi connectivity index (χ4v) is 2.19. The van der Waals surface area contributed by atoms with Gasteiger partial charge in [-0.1, -0.05) is 13.8 Å². The van der Waals surface area contributed by atoms with Crippen LogP contribution >= 0.6 is 0 Å². The Labute approximate surface area is 116 Å². The molecule has 1 aromatic heterocycles. The largest absolute Gasteiger partial charge is 0.343 e. The molecule has 0 aromatic carbocycles. The molecule has 19 heavy (non-hydrogen) atoms. The van der Waals surface area contributed by atoms with Gasteiger partial charge >= 0.3 is 0 Å². The summed E-state index contributed by atoms with van der Waals surface area (Å²) in [5.74, 6) is 1.29. The van der Waals surface area contributed by atoms with E-state index in [-0.39, 0.29) is 0 Å². The third-order valence-electron chi connectivity index (χ3n) is 3.23. The molecular formula is C15H26N3O. The van der Waals surface area contributed by atoms with E-state index in [1.807, 2.05) is 18.0 Å². The maximum Gasteiger partial charge on any atom is 0.222 e. The average molecular weight is 264 g/mol. The van der Waals surface area contributed by atoms with E-state index in [1.54, 1.807) is 0 Å². The number of amides is 1. The highest BCUT2D eigenvalue weighted by Gasteiger charge is 2.10. The van der Waals surface area contributed by atoms with Crippen molar-refractivity contribution in [2.24, 2.45) is 0 Å². The molecule has 107 valence electrons. The van der Waals surface area contributed by atoms with Gasteiger partial charge < -0.3 is 9.47 Å². The van der Waals surface area contributed by atoms with Crippen LogP contribution in [0.1, 0.15) is 51.8 Å². The number of unbranched alkanes of at least 4 members (excludes halogenated alkanes) is 1. The number of hydrogen-bond acceptors (Lipinski definition) is 2. The monoisotopic (exact) mass is 264 g/mol. The Kier molecular flexibility index (Phi) is 7.23. The standard InChI is InChI=1S/C15H26N3O/c1-4-10-18(11-5-2)15(19)8-6-7-12-17-13-9-16-14(17)3/h13H,4-8,10-12H2,1-3H3. The predicted molar refractivity (Wildman–Crippen MR) is 76.8 cm³/mol. The average Bonchev–Trinajstić information content (AvgIpc) is 2.80. The molecule has 0 N–H and O–H groups in total. The van der Waals surface area contributed by atoms with E-state index in [2.05, 4.69) is 29.6 Å². The molecule has 0 spiro atoms. The van der Waals surface area contributed by atoms with Gasteiger partial charge in [-0.25, -0.2) is 4.98 Å². The molecule has 0 unspecified atom stereocenters. The SMILES string of the molecule is CCCN(CCC)C(=O)CCCCn1c[c]nc1C. The first-order chi connectivity index (χ1) is 9.19. The first-order valence-corrected chi connectivity index (χ1v) is 7.36. The van der Waals surface area contributed by atoms with Gasteiger partial charge in [-0.3, -0.25) is 4.79 Å². The zero-order valence-corrected chi connectivity index (χ0v) is 12.5. The number of nitrogens with zero attached hydrogens (tertiary/aromatic N) is 3. The Morgan fingerprint density at radius 1 is 1.32 bits per heavy atom. The van der Waals surface area contributed by atoms with Crippen molar-refractivity contribution in [2.45, 2.75) is 59.4 Å². The highest BCUT2D eigenvalue weighted by Crippen LogP contribution is 2.06. The van der Waals surface area contributed by atoms with Crippen molar-refractivity contribution in [3.05, 3.63) is 18.2 Å². The Balaban J connectivity index is 2.23. The summed E-state index contributed by atoms with van der Waals surface area (Å²) in [6, 6.07) is 0. The fraction of sp³-hybridized carbons (Fsp3) is 0.733. The second kappa shape index (κ2) is 8.73. The quantitative estimate of drug-likeness (QED) is 0.643. The molecule has 0 aliphatic rings. The number of carbonyl (C=O) groups excluding carboxylic acids is 1. The van der Waals surface area contributed by atoms with Gasteiger partial charge in [0.2, 0.25) is 5.91 Å². The molecule has 1 aromatic rings. The Morgan fingerprint density at radius 3 is 2.53 bits per heavy atom. The van der Waals surface area contributed by atoms with Gasteiger partial charge in [-0.05, 0) is 32.6 Å². The summed E-state index contributed by atoms with van der Waals surface area (Å²) in [6.07, 6.45) is 9.41. The minimum Gasteiger partial charge on any atom is -0.343 e. The van der Waals surface area contributed by atoms with Gasteiger partial charge in [0.25, 0.3) is 0 Å². The van der Waals surface area contributed by atoms with E-state index in [0.29, 0.717) is 12.3 Å². The highest BCUT2D eigenvalue weighted by atomic mass is 16.2. The minimum absolute atomic E-state index is 0.303. The molecule has 0 aliphatic carbocycles. The molecule has 0 bridgehead atoms. The minimum atomic E-state index is 0.303. The van der Waals surface area contributed by atoms with Crippen LogP contribution in [-0.4, -0.2) is 33.4 Å². The van der Waals surface area contributed by atoms with Crippen LogP contribution in [0.2, 0.25) is 0 Å². The lowest BCUT2D eigenvalue weighted by Crippen LogP contribution is -2.32. The Morgan fingerprint density at radius 2 is 2.00 bits per heavy atom. The summed E-state index contributed by atoms with van der Waals surface area (Å²) < 4.78 is 2.08. The molecule has 1 heterocycles. The van der Waals surface area contributed by atoms with Crippen molar-refractivity contribution in [2.75, 3.05) is 13.1 Å². The second-order valence-electron chi connectivity index (χ2n) is 4.95. The second-order valence-corrected chi connectivity index (χ2v) is 4.95. The van der Waals surface area contributed by atoms with E-state index in [1.165, 1.54) is 0 Å². The summed E-state index contributed by atoms with van der Waals surface area (Å²) in [5.41, 5.74) is 0. The molecule has 1 rings (SSSR count). The van der Waals surface area contributed by atoms with E-state index < -0.39 is 0 Å². The van der Waals surface area contributed by atoms with E-state index in [0.717, 1.165) is 51.1 Å². The Hall–Kier alpha value is -1.32. The molecule has 0 aliphatic heterocycles. The summed E-state index contributed by atoms with van der Waals surface area (Å²) in [5, 5.41) is 0. The number of carbonyl (C=O) groups is 1. The van der Waals surface area contributed by atoms with E-state index in [9.17, 15) is 4.79 Å². The number of hydrogen-bond donors (Lipinski definition) is 0. The van der Waals surface area contributed by atoms with Gasteiger partial charge in [0, 0.05) is 32.3 Å². The van der Waals surface area contributed by atoms with Gasteiger partial charge in [-0.2, -0.15) is 0 Å². The highest BCUT2D eigenvalue weighted by molar-refractivity contribution is 5.76. The number of aryl methyl sites for hydroxylation is 2. The number of imidazole rings is 1. The first kappa shape index (κ1) is 15.7. The molecule has 0 fully saturated rings. The lowest BCUT2D eigenvalue weighted by molar-refractivity contribution is -0.131. The lowest BCUT2D eigenvalue weighted by Gasteiger charge is -2.21. The van der Waals surface area contributed by atoms with Gasteiger partial charge in [0.1, 0.15) is 12.0 Å². The maximum atomic E-state index is 12.1. The smallest absolute Gasteiger partial charge is 0.222 e. The summed E-state index contributed by atoms with van der Waals surface area (Å²) in [4.78, 5) is 18.1. The zero-order chi connectivity index (χ0) is 14.1. The van der Waals surface area contributed by atoms with Crippen molar-refractivity contribution in [3.8, 4) is 0 Å². The van der Waals surface area contributed by atoms with Crippen LogP contribution < -0.4 is 0 Å². The third-order valence-corrected chi connectivity index (χ3v) is 3.23. The van der Waals surface area contributed by atoms with Crippen LogP contribution in [0.3, 0.4) is 0 Å². The predicted octanol–water partition coefficient (Wildman–Crippen LogP) is 2.81. The normalized spacial score (nSPS) is 10.7. The molecule has 4 nitrogen and oxygen atoms in total. The fourth-order valence-electron chi connectivity index (χ4n) is 2.19. The Bertz CT molecular complexity index is 367. The van der Waals surface area contributed by atoms with Crippen molar-refractivity contribution < 1.29 is 4.79 Å². The third kappa shape index (κ3) is 5.45. The van der Waals surface area contributed by atoms with Crippen molar-refractivity contribution in [3.63, 3.8) is 0 Å². The molecule has 0 atom stereocenters. The molecule has 1 amide bonds. The molecular weight excluding hydrogens is 238 g/mol. The number of aromatic nitrogens is 2. The molecule has 4 heteroatoms. The topological polar surface area (TPSA) is 38.1 Å². The summed E-state index contributed by atoms with van der Waals surface area (Å²) >= 11 is 0. The van der Waals surface area contributed by atoms with E-state index in [4.69, 9.17) is 0 Å². The summed E-state index contributed by atoms with van der Waals surface area (Å²) in [7, 11) is 0. The van der Waals surface area contributed by atoms with Crippen LogP contribution in [-0.2, 0) is 11.3 Å². The summed E-state index contributed by atoms with van der Waals surface area (Å²) in [6.45, 7) is 8.93. The van der Waals surface area contributed by atoms with Gasteiger partial charge in [-0.15, -0.1) is 0 Å². The van der Waals surface area contributed by atoms with Crippen molar-refractivity contribution in [1.82, 2.24) is 14.5 Å². The van der Waals surface area contributed by atoms with Crippen molar-refractivity contribution in [1.29, 1.82) is 0 Å². The van der Waals surface area contributed by atoms with Crippen molar-refractivity contribution >= 4 is 5.91 Å². The van der Waals surface area contributed by atoms with Crippen LogP contribution in [0.15, 0.2) is 6.20 Å². The first-order valence-electron chi connectivity index (χ1n) is 7.36. The molecule has 1 radical (unpaired) electrons. The van der Waals surface area contributed by atoms with Gasteiger partial charge in [0.15, 0.2) is 0 Å². The van der Waals surface area contributed by atoms with Gasteiger partial charge in [0.05, 0.1) is 0 Å². The zero-order valence-electron chi connectivity index (χ0n) is 12.5. The lowest BCUT2D eigenvalue weighted by atomic mass is 10.2. The van der Waals surface area contributed by atoms with Crippen LogP contribution in [0.25, 0.3) is 0 Å². The van der Waals surface area contributed by atoms with E-state index >= 15 is 0 Å². The van der Waals surface area contributed by atoms with Crippen LogP contribution in [0.4, 0.5) is 0 Å².